The van der Waals surface area contributed by atoms with Crippen molar-refractivity contribution in [2.24, 2.45) is 0 Å². The van der Waals surface area contributed by atoms with Gasteiger partial charge in [-0.15, -0.1) is 0 Å². The molecule has 0 heterocycles. The molecule has 0 amide bonds. The van der Waals surface area contributed by atoms with Gasteiger partial charge in [-0.2, -0.15) is 17.6 Å². The second-order valence-corrected chi connectivity index (χ2v) is 10.6. The first-order chi connectivity index (χ1) is 21.3. The van der Waals surface area contributed by atoms with Crippen LogP contribution in [0.2, 0.25) is 0 Å². The Morgan fingerprint density at radius 3 is 1.04 bits per heavy atom. The van der Waals surface area contributed by atoms with Crippen LogP contribution < -0.4 is 9.47 Å². The third-order valence-electron chi connectivity index (χ3n) is 6.41. The summed E-state index contributed by atoms with van der Waals surface area (Å²) in [6, 6.07) is 14.3. The lowest BCUT2D eigenvalue weighted by Crippen LogP contribution is -2.28. The summed E-state index contributed by atoms with van der Waals surface area (Å²) in [7, 11) is 1.32. The van der Waals surface area contributed by atoms with Gasteiger partial charge < -0.3 is 9.47 Å². The lowest BCUT2D eigenvalue weighted by atomic mass is 10.0. The topological polar surface area (TPSA) is 18.5 Å². The molecule has 0 radical (unpaired) electrons. The highest BCUT2D eigenvalue weighted by Crippen LogP contribution is 2.57. The van der Waals surface area contributed by atoms with Gasteiger partial charge in [0.1, 0.15) is 0 Å². The van der Waals surface area contributed by atoms with Crippen molar-refractivity contribution in [3.05, 3.63) is 142 Å². The Balaban J connectivity index is 2.07. The monoisotopic (exact) mass is 658 g/mol. The van der Waals surface area contributed by atoms with Crippen molar-refractivity contribution in [1.29, 1.82) is 0 Å². The summed E-state index contributed by atoms with van der Waals surface area (Å²) in [4.78, 5) is 0. The van der Waals surface area contributed by atoms with Gasteiger partial charge in [-0.1, -0.05) is 84.6 Å². The molecule has 0 aromatic heterocycles. The summed E-state index contributed by atoms with van der Waals surface area (Å²) >= 11 is -0.958. The van der Waals surface area contributed by atoms with Gasteiger partial charge in [0.15, 0.2) is 34.8 Å². The average molecular weight is 659 g/mol. The normalized spacial score (nSPS) is 14.5. The van der Waals surface area contributed by atoms with Crippen LogP contribution in [-0.4, -0.2) is 14.2 Å². The fourth-order valence-electron chi connectivity index (χ4n) is 4.27. The minimum atomic E-state index is -4.08. The second-order valence-electron chi connectivity index (χ2n) is 9.21. The zero-order chi connectivity index (χ0) is 33.1. The van der Waals surface area contributed by atoms with Crippen molar-refractivity contribution >= 4 is 23.9 Å². The number of benzene rings is 4. The van der Waals surface area contributed by atoms with Crippen LogP contribution in [0.5, 0.6) is 11.5 Å². The molecular formula is C32H20F10O2S. The molecule has 4 aromatic rings. The second kappa shape index (κ2) is 13.3. The fourth-order valence-corrected chi connectivity index (χ4v) is 5.54. The van der Waals surface area contributed by atoms with E-state index in [4.69, 9.17) is 0 Å². The van der Waals surface area contributed by atoms with E-state index < -0.39 is 90.9 Å². The molecule has 236 valence electrons. The third kappa shape index (κ3) is 6.39. The molecule has 0 aliphatic rings. The van der Waals surface area contributed by atoms with Gasteiger partial charge in [-0.3, -0.25) is 0 Å². The van der Waals surface area contributed by atoms with Crippen LogP contribution in [0.4, 0.5) is 43.9 Å². The molecule has 0 fully saturated rings. The molecule has 0 aliphatic carbocycles. The predicted molar refractivity (Wildman–Crippen MR) is 150 cm³/mol. The van der Waals surface area contributed by atoms with E-state index in [-0.39, 0.29) is 23.3 Å². The summed E-state index contributed by atoms with van der Waals surface area (Å²) < 4.78 is 163. The number of hydrogen-bond acceptors (Lipinski definition) is 3. The number of methoxy groups -OCH3 is 2. The highest BCUT2D eigenvalue weighted by atomic mass is 32.2. The van der Waals surface area contributed by atoms with Gasteiger partial charge in [0.25, 0.3) is 0 Å². The zero-order valence-electron chi connectivity index (χ0n) is 23.1. The molecule has 0 aliphatic heterocycles. The van der Waals surface area contributed by atoms with Crippen LogP contribution in [0.1, 0.15) is 22.3 Å². The van der Waals surface area contributed by atoms with E-state index in [1.807, 2.05) is 0 Å². The predicted octanol–water partition coefficient (Wildman–Crippen LogP) is 9.92. The van der Waals surface area contributed by atoms with Crippen molar-refractivity contribution in [2.75, 3.05) is 14.2 Å². The molecular weight excluding hydrogens is 638 g/mol. The Labute approximate surface area is 254 Å². The summed E-state index contributed by atoms with van der Waals surface area (Å²) in [5, 5.41) is -8.17. The summed E-state index contributed by atoms with van der Waals surface area (Å²) in [5.41, 5.74) is -3.92. The fraction of sp³-hybridized carbons (Fsp3) is 0.125. The lowest BCUT2D eigenvalue weighted by molar-refractivity contribution is 0.277. The van der Waals surface area contributed by atoms with Crippen LogP contribution in [-0.2, 0) is 10.0 Å². The molecule has 4 aromatic carbocycles. The Bertz CT molecular complexity index is 1580. The molecule has 0 saturated carbocycles. The molecule has 2 unspecified atom stereocenters. The maximum Gasteiger partial charge on any atom is 0.209 e. The van der Waals surface area contributed by atoms with Crippen molar-refractivity contribution in [3.63, 3.8) is 0 Å². The van der Waals surface area contributed by atoms with Crippen LogP contribution in [0.15, 0.2) is 72.8 Å². The number of hydrogen-bond donors (Lipinski definition) is 0. The van der Waals surface area contributed by atoms with Gasteiger partial charge in [-0.25, -0.2) is 26.3 Å². The quantitative estimate of drug-likeness (QED) is 0.125. The molecule has 2 nitrogen and oxygen atoms in total. The van der Waals surface area contributed by atoms with Crippen LogP contribution in [0, 0.1) is 46.5 Å². The average Bonchev–Trinajstić information content (AvgIpc) is 3.03. The summed E-state index contributed by atoms with van der Waals surface area (Å²) in [5.74, 6) is -21.6. The van der Waals surface area contributed by atoms with Gasteiger partial charge in [0, 0.05) is 0 Å². The Kier molecular flexibility index (Phi) is 9.91. The number of thioether (sulfide) groups is 1. The third-order valence-corrected chi connectivity index (χ3v) is 7.69. The number of rotatable bonds is 10. The summed E-state index contributed by atoms with van der Waals surface area (Å²) in [6.45, 7) is 0. The van der Waals surface area contributed by atoms with E-state index in [9.17, 15) is 17.6 Å². The Hall–Kier alpha value is -4.39. The maximum absolute atomic E-state index is 17.1. The van der Waals surface area contributed by atoms with E-state index in [1.54, 1.807) is 12.1 Å². The van der Waals surface area contributed by atoms with E-state index >= 15 is 26.3 Å². The van der Waals surface area contributed by atoms with Crippen molar-refractivity contribution in [1.82, 2.24) is 0 Å². The molecule has 0 N–H and O–H groups in total. The maximum atomic E-state index is 17.1. The van der Waals surface area contributed by atoms with E-state index in [0.717, 1.165) is 12.2 Å². The van der Waals surface area contributed by atoms with E-state index in [2.05, 4.69) is 9.47 Å². The van der Waals surface area contributed by atoms with Gasteiger partial charge >= 0.3 is 0 Å². The molecule has 4 rings (SSSR count). The van der Waals surface area contributed by atoms with Crippen LogP contribution >= 0.6 is 11.8 Å². The van der Waals surface area contributed by atoms with Crippen molar-refractivity contribution in [3.8, 4) is 11.5 Å². The largest absolute Gasteiger partial charge is 0.491 e. The first kappa shape index (κ1) is 33.5. The number of alkyl halides is 2. The first-order valence-corrected chi connectivity index (χ1v) is 13.5. The number of halogens is 10. The minimum absolute atomic E-state index is 0.124. The standard InChI is InChI=1S/C32H20F10O2S/c1-43-29-25(37)21(33)19(22(34)26(29)38)31(41,15-13-17-9-5-3-6-10-17)45-32(42,16-14-18-11-7-4-8-12-18)20-23(35)27(39)30(44-2)28(40)24(20)36/h3-16H,1-2H3. The molecule has 2 atom stereocenters. The van der Waals surface area contributed by atoms with Gasteiger partial charge in [0.2, 0.25) is 33.3 Å². The lowest BCUT2D eigenvalue weighted by Gasteiger charge is -2.32. The van der Waals surface area contributed by atoms with Crippen molar-refractivity contribution < 1.29 is 53.4 Å². The minimum Gasteiger partial charge on any atom is -0.491 e. The molecule has 0 bridgehead atoms. The molecule has 45 heavy (non-hydrogen) atoms. The Morgan fingerprint density at radius 1 is 0.489 bits per heavy atom. The SMILES string of the molecule is COc1c(F)c(F)c(C(F)(C=Cc2ccccc2)SC(F)(C=Cc2ccccc2)c2c(F)c(F)c(OC)c(F)c2F)c(F)c1F. The number of ether oxygens (including phenoxy) is 2. The first-order valence-electron chi connectivity index (χ1n) is 12.7. The van der Waals surface area contributed by atoms with Gasteiger partial charge in [0.05, 0.1) is 25.3 Å². The Morgan fingerprint density at radius 2 is 0.778 bits per heavy atom. The van der Waals surface area contributed by atoms with E-state index in [0.29, 0.717) is 14.2 Å². The highest BCUT2D eigenvalue weighted by Gasteiger charge is 2.51. The van der Waals surface area contributed by atoms with Gasteiger partial charge in [-0.05, 0) is 23.3 Å². The molecule has 0 spiro atoms. The molecule has 13 heteroatoms. The smallest absolute Gasteiger partial charge is 0.209 e. The van der Waals surface area contributed by atoms with E-state index in [1.165, 1.54) is 48.5 Å². The zero-order valence-corrected chi connectivity index (χ0v) is 23.9. The van der Waals surface area contributed by atoms with Crippen LogP contribution in [0.25, 0.3) is 12.2 Å². The van der Waals surface area contributed by atoms with Crippen molar-refractivity contribution in [2.45, 2.75) is 10.0 Å². The molecule has 0 saturated heterocycles. The highest BCUT2D eigenvalue weighted by molar-refractivity contribution is 8.01. The summed E-state index contributed by atoms with van der Waals surface area (Å²) in [6.07, 6.45) is 2.18. The van der Waals surface area contributed by atoms with Crippen LogP contribution in [0.3, 0.4) is 0 Å².